The van der Waals surface area contributed by atoms with Crippen LogP contribution in [0.4, 0.5) is 5.69 Å². The summed E-state index contributed by atoms with van der Waals surface area (Å²) in [5.41, 5.74) is 0.479. The third-order valence-electron chi connectivity index (χ3n) is 3.05. The number of benzene rings is 1. The van der Waals surface area contributed by atoms with Gasteiger partial charge >= 0.3 is 0 Å². The van der Waals surface area contributed by atoms with Crippen molar-refractivity contribution in [2.24, 2.45) is 5.41 Å². The van der Waals surface area contributed by atoms with Crippen LogP contribution in [0.5, 0.6) is 0 Å². The average molecular weight is 246 g/mol. The van der Waals surface area contributed by atoms with Crippen LogP contribution in [0.15, 0.2) is 30.3 Å². The number of carbonyl (C=O) groups is 2. The van der Waals surface area contributed by atoms with E-state index in [-0.39, 0.29) is 23.8 Å². The second-order valence-corrected chi connectivity index (χ2v) is 5.63. The third-order valence-corrected chi connectivity index (χ3v) is 3.05. The van der Waals surface area contributed by atoms with Gasteiger partial charge in [-0.25, -0.2) is 0 Å². The number of hydrogen-bond donors (Lipinski definition) is 1. The van der Waals surface area contributed by atoms with Crippen molar-refractivity contribution in [2.45, 2.75) is 26.8 Å². The Bertz CT molecular complexity index is 462. The number of anilines is 1. The first-order valence-electron chi connectivity index (χ1n) is 6.05. The molecule has 1 N–H and O–H groups in total. The Morgan fingerprint density at radius 3 is 2.33 bits per heavy atom. The second-order valence-electron chi connectivity index (χ2n) is 5.63. The molecule has 2 rings (SSSR count). The highest BCUT2D eigenvalue weighted by Crippen LogP contribution is 2.26. The maximum atomic E-state index is 12.4. The zero-order chi connectivity index (χ0) is 13.3. The number of amides is 2. The van der Waals surface area contributed by atoms with Gasteiger partial charge in [-0.2, -0.15) is 0 Å². The normalized spacial score (nSPS) is 20.8. The summed E-state index contributed by atoms with van der Waals surface area (Å²) in [6, 6.07) is 8.83. The number of nitrogens with one attached hydrogen (secondary N) is 1. The molecule has 1 atom stereocenters. The summed E-state index contributed by atoms with van der Waals surface area (Å²) in [5, 5.41) is 2.78. The van der Waals surface area contributed by atoms with Crippen LogP contribution >= 0.6 is 0 Å². The van der Waals surface area contributed by atoms with Crippen LogP contribution in [0, 0.1) is 5.41 Å². The molecule has 96 valence electrons. The smallest absolute Gasteiger partial charge is 0.250 e. The van der Waals surface area contributed by atoms with E-state index in [0.29, 0.717) is 0 Å². The van der Waals surface area contributed by atoms with Crippen LogP contribution in [-0.4, -0.2) is 24.4 Å². The second kappa shape index (κ2) is 4.44. The summed E-state index contributed by atoms with van der Waals surface area (Å²) in [6.07, 6.45) is 0. The van der Waals surface area contributed by atoms with E-state index in [2.05, 4.69) is 5.32 Å². The van der Waals surface area contributed by atoms with E-state index in [0.717, 1.165) is 5.69 Å². The number of rotatable bonds is 1. The van der Waals surface area contributed by atoms with Crippen LogP contribution in [0.2, 0.25) is 0 Å². The quantitative estimate of drug-likeness (QED) is 0.817. The number of hydrogen-bond acceptors (Lipinski definition) is 2. The lowest BCUT2D eigenvalue weighted by atomic mass is 9.84. The van der Waals surface area contributed by atoms with E-state index in [9.17, 15) is 9.59 Å². The summed E-state index contributed by atoms with van der Waals surface area (Å²) in [7, 11) is 0. The van der Waals surface area contributed by atoms with E-state index in [1.807, 2.05) is 51.1 Å². The minimum atomic E-state index is -0.473. The molecule has 2 amide bonds. The van der Waals surface area contributed by atoms with Crippen molar-refractivity contribution in [1.82, 2.24) is 5.32 Å². The summed E-state index contributed by atoms with van der Waals surface area (Å²) in [5.74, 6) is -0.160. The fraction of sp³-hybridized carbons (Fsp3) is 0.429. The van der Waals surface area contributed by atoms with E-state index in [1.54, 1.807) is 4.90 Å². The monoisotopic (exact) mass is 246 g/mol. The molecule has 1 saturated heterocycles. The molecular formula is C14H18N2O2. The Labute approximate surface area is 107 Å². The molecule has 1 aliphatic heterocycles. The lowest BCUT2D eigenvalue weighted by Crippen LogP contribution is -2.62. The molecule has 0 bridgehead atoms. The van der Waals surface area contributed by atoms with Gasteiger partial charge in [-0.05, 0) is 17.5 Å². The summed E-state index contributed by atoms with van der Waals surface area (Å²) >= 11 is 0. The van der Waals surface area contributed by atoms with Crippen LogP contribution in [0.3, 0.4) is 0 Å². The zero-order valence-corrected chi connectivity index (χ0v) is 10.9. The molecule has 0 saturated carbocycles. The lowest BCUT2D eigenvalue weighted by molar-refractivity contribution is -0.133. The first-order chi connectivity index (χ1) is 8.39. The zero-order valence-electron chi connectivity index (χ0n) is 10.9. The maximum Gasteiger partial charge on any atom is 0.250 e. The van der Waals surface area contributed by atoms with Gasteiger partial charge in [-0.15, -0.1) is 0 Å². The SMILES string of the molecule is CC(C)(C)C1NC(=O)CN(c2ccccc2)C1=O. The van der Waals surface area contributed by atoms with Crippen LogP contribution in [0.1, 0.15) is 20.8 Å². The van der Waals surface area contributed by atoms with Gasteiger partial charge in [-0.3, -0.25) is 9.59 Å². The lowest BCUT2D eigenvalue weighted by Gasteiger charge is -2.38. The van der Waals surface area contributed by atoms with Gasteiger partial charge in [0.25, 0.3) is 5.91 Å². The van der Waals surface area contributed by atoms with E-state index < -0.39 is 6.04 Å². The molecule has 1 fully saturated rings. The van der Waals surface area contributed by atoms with Gasteiger partial charge in [0.15, 0.2) is 0 Å². The molecule has 1 heterocycles. The number of nitrogens with zero attached hydrogens (tertiary/aromatic N) is 1. The minimum Gasteiger partial charge on any atom is -0.342 e. The van der Waals surface area contributed by atoms with Crippen LogP contribution < -0.4 is 10.2 Å². The largest absolute Gasteiger partial charge is 0.342 e. The first kappa shape index (κ1) is 12.6. The molecule has 1 aliphatic rings. The van der Waals surface area contributed by atoms with Gasteiger partial charge in [0, 0.05) is 5.69 Å². The van der Waals surface area contributed by atoms with E-state index in [1.165, 1.54) is 0 Å². The fourth-order valence-electron chi connectivity index (χ4n) is 2.06. The molecule has 4 heteroatoms. The molecule has 0 aliphatic carbocycles. The first-order valence-corrected chi connectivity index (χ1v) is 6.05. The Morgan fingerprint density at radius 2 is 1.78 bits per heavy atom. The van der Waals surface area contributed by atoms with Gasteiger partial charge in [-0.1, -0.05) is 39.0 Å². The predicted molar refractivity (Wildman–Crippen MR) is 70.2 cm³/mol. The van der Waals surface area contributed by atoms with Crippen molar-refractivity contribution in [2.75, 3.05) is 11.4 Å². The minimum absolute atomic E-state index is 0.0479. The Hall–Kier alpha value is -1.84. The molecule has 4 nitrogen and oxygen atoms in total. The number of para-hydroxylation sites is 1. The molecule has 1 unspecified atom stereocenters. The van der Waals surface area contributed by atoms with Gasteiger partial charge in [0.2, 0.25) is 5.91 Å². The highest BCUT2D eigenvalue weighted by molar-refractivity contribution is 6.06. The molecular weight excluding hydrogens is 228 g/mol. The van der Waals surface area contributed by atoms with Crippen molar-refractivity contribution in [1.29, 1.82) is 0 Å². The van der Waals surface area contributed by atoms with Gasteiger partial charge < -0.3 is 10.2 Å². The highest BCUT2D eigenvalue weighted by atomic mass is 16.2. The molecule has 0 radical (unpaired) electrons. The van der Waals surface area contributed by atoms with Gasteiger partial charge in [0.05, 0.1) is 0 Å². The Balaban J connectivity index is 2.32. The molecule has 0 spiro atoms. The average Bonchev–Trinajstić information content (AvgIpc) is 2.31. The molecule has 1 aromatic carbocycles. The maximum absolute atomic E-state index is 12.4. The number of carbonyl (C=O) groups excluding carboxylic acids is 2. The Kier molecular flexibility index (Phi) is 3.11. The third kappa shape index (κ3) is 2.37. The van der Waals surface area contributed by atoms with E-state index >= 15 is 0 Å². The Morgan fingerprint density at radius 1 is 1.17 bits per heavy atom. The van der Waals surface area contributed by atoms with Crippen molar-refractivity contribution in [3.8, 4) is 0 Å². The van der Waals surface area contributed by atoms with Crippen molar-refractivity contribution >= 4 is 17.5 Å². The number of piperazine rings is 1. The van der Waals surface area contributed by atoms with Crippen LogP contribution in [-0.2, 0) is 9.59 Å². The molecule has 18 heavy (non-hydrogen) atoms. The topological polar surface area (TPSA) is 49.4 Å². The summed E-state index contributed by atoms with van der Waals surface area (Å²) < 4.78 is 0. The van der Waals surface area contributed by atoms with E-state index in [4.69, 9.17) is 0 Å². The standard InChI is InChI=1S/C14H18N2O2/c1-14(2,3)12-13(18)16(9-11(17)15-12)10-7-5-4-6-8-10/h4-8,12H,9H2,1-3H3,(H,15,17). The highest BCUT2D eigenvalue weighted by Gasteiger charge is 2.40. The van der Waals surface area contributed by atoms with Crippen molar-refractivity contribution in [3.63, 3.8) is 0 Å². The predicted octanol–water partition coefficient (Wildman–Crippen LogP) is 1.56. The molecule has 1 aromatic rings. The van der Waals surface area contributed by atoms with Crippen molar-refractivity contribution in [3.05, 3.63) is 30.3 Å². The van der Waals surface area contributed by atoms with Crippen LogP contribution in [0.25, 0.3) is 0 Å². The molecule has 0 aromatic heterocycles. The summed E-state index contributed by atoms with van der Waals surface area (Å²) in [6.45, 7) is 5.94. The summed E-state index contributed by atoms with van der Waals surface area (Å²) in [4.78, 5) is 25.7. The van der Waals surface area contributed by atoms with Gasteiger partial charge in [0.1, 0.15) is 12.6 Å². The fourth-order valence-corrected chi connectivity index (χ4v) is 2.06. The van der Waals surface area contributed by atoms with Crippen molar-refractivity contribution < 1.29 is 9.59 Å².